The molecule has 0 bridgehead atoms. The third kappa shape index (κ3) is 3.37. The number of hydrogen-bond donors (Lipinski definition) is 0. The average molecular weight is 340 g/mol. The smallest absolute Gasteiger partial charge is 0.343 e. The van der Waals surface area contributed by atoms with Gasteiger partial charge in [-0.1, -0.05) is 0 Å². The highest BCUT2D eigenvalue weighted by Crippen LogP contribution is 2.25. The largest absolute Gasteiger partial charge is 0.423 e. The van der Waals surface area contributed by atoms with E-state index in [4.69, 9.17) is 4.74 Å². The molecule has 8 heteroatoms. The number of amides is 2. The van der Waals surface area contributed by atoms with Crippen molar-refractivity contribution < 1.29 is 24.0 Å². The van der Waals surface area contributed by atoms with E-state index in [1.807, 2.05) is 0 Å². The van der Waals surface area contributed by atoms with Crippen LogP contribution in [-0.2, 0) is 9.59 Å². The van der Waals surface area contributed by atoms with E-state index >= 15 is 0 Å². The highest BCUT2D eigenvalue weighted by Gasteiger charge is 2.30. The van der Waals surface area contributed by atoms with E-state index in [-0.39, 0.29) is 41.7 Å². The fourth-order valence-electron chi connectivity index (χ4n) is 2.41. The summed E-state index contributed by atoms with van der Waals surface area (Å²) in [6.07, 6.45) is 0.380. The third-order valence-corrected chi connectivity index (χ3v) is 3.67. The lowest BCUT2D eigenvalue weighted by atomic mass is 10.2. The third-order valence-electron chi connectivity index (χ3n) is 3.67. The van der Waals surface area contributed by atoms with E-state index in [0.29, 0.717) is 5.69 Å². The second-order valence-corrected chi connectivity index (χ2v) is 5.31. The second kappa shape index (κ2) is 6.52. The molecular formula is C17H12N2O6. The molecule has 0 saturated carbocycles. The molecule has 1 heterocycles. The standard InChI is InChI=1S/C17H12N2O6/c20-15-9-10-16(21)18(15)12-5-7-14(8-6-12)25-17(22)11-1-3-13(4-2-11)19(23)24/h1-8H,9-10H2. The number of benzene rings is 2. The number of rotatable bonds is 4. The van der Waals surface area contributed by atoms with Crippen molar-refractivity contribution >= 4 is 29.2 Å². The lowest BCUT2D eigenvalue weighted by Gasteiger charge is -2.14. The van der Waals surface area contributed by atoms with Crippen molar-refractivity contribution in [3.05, 3.63) is 64.2 Å². The molecule has 0 N–H and O–H groups in total. The molecule has 2 aromatic carbocycles. The molecule has 0 unspecified atom stereocenters. The molecule has 0 aliphatic carbocycles. The number of ether oxygens (including phenoxy) is 1. The molecule has 0 radical (unpaired) electrons. The molecule has 1 fully saturated rings. The minimum atomic E-state index is -0.670. The molecule has 3 rings (SSSR count). The predicted octanol–water partition coefficient (Wildman–Crippen LogP) is 2.47. The van der Waals surface area contributed by atoms with Gasteiger partial charge in [-0.25, -0.2) is 4.79 Å². The van der Waals surface area contributed by atoms with Gasteiger partial charge in [-0.15, -0.1) is 0 Å². The Morgan fingerprint density at radius 3 is 2.04 bits per heavy atom. The quantitative estimate of drug-likeness (QED) is 0.278. The van der Waals surface area contributed by atoms with Crippen molar-refractivity contribution in [2.45, 2.75) is 12.8 Å². The van der Waals surface area contributed by atoms with Crippen molar-refractivity contribution in [3.63, 3.8) is 0 Å². The van der Waals surface area contributed by atoms with Crippen LogP contribution >= 0.6 is 0 Å². The summed E-state index contributed by atoms with van der Waals surface area (Å²) in [7, 11) is 0. The fourth-order valence-corrected chi connectivity index (χ4v) is 2.41. The molecular weight excluding hydrogens is 328 g/mol. The summed E-state index contributed by atoms with van der Waals surface area (Å²) in [6.45, 7) is 0. The van der Waals surface area contributed by atoms with Crippen LogP contribution in [0.5, 0.6) is 5.75 Å². The van der Waals surface area contributed by atoms with Crippen LogP contribution in [0.2, 0.25) is 0 Å². The van der Waals surface area contributed by atoms with Gasteiger partial charge >= 0.3 is 5.97 Å². The Bertz CT molecular complexity index is 842. The van der Waals surface area contributed by atoms with Gasteiger partial charge in [0.1, 0.15) is 5.75 Å². The Hall–Kier alpha value is -3.55. The molecule has 126 valence electrons. The minimum Gasteiger partial charge on any atom is -0.423 e. The predicted molar refractivity (Wildman–Crippen MR) is 86.2 cm³/mol. The van der Waals surface area contributed by atoms with E-state index < -0.39 is 10.9 Å². The highest BCUT2D eigenvalue weighted by molar-refractivity contribution is 6.19. The second-order valence-electron chi connectivity index (χ2n) is 5.31. The van der Waals surface area contributed by atoms with Crippen LogP contribution in [0, 0.1) is 10.1 Å². The van der Waals surface area contributed by atoms with Crippen molar-refractivity contribution in [3.8, 4) is 5.75 Å². The van der Waals surface area contributed by atoms with Crippen molar-refractivity contribution in [1.82, 2.24) is 0 Å². The van der Waals surface area contributed by atoms with Crippen LogP contribution < -0.4 is 9.64 Å². The molecule has 2 aromatic rings. The van der Waals surface area contributed by atoms with Crippen LogP contribution in [0.25, 0.3) is 0 Å². The number of nitro groups is 1. The number of hydrogen-bond acceptors (Lipinski definition) is 6. The molecule has 1 saturated heterocycles. The van der Waals surface area contributed by atoms with E-state index in [2.05, 4.69) is 0 Å². The summed E-state index contributed by atoms with van der Waals surface area (Å²) < 4.78 is 5.17. The Kier molecular flexibility index (Phi) is 4.25. The maximum absolute atomic E-state index is 12.0. The van der Waals surface area contributed by atoms with Gasteiger partial charge in [-0.2, -0.15) is 0 Å². The maximum Gasteiger partial charge on any atom is 0.343 e. The number of esters is 1. The Morgan fingerprint density at radius 2 is 1.52 bits per heavy atom. The fraction of sp³-hybridized carbons (Fsp3) is 0.118. The van der Waals surface area contributed by atoms with E-state index in [0.717, 1.165) is 4.90 Å². The van der Waals surface area contributed by atoms with Gasteiger partial charge in [-0.3, -0.25) is 24.6 Å². The molecule has 0 spiro atoms. The molecule has 25 heavy (non-hydrogen) atoms. The van der Waals surface area contributed by atoms with E-state index in [9.17, 15) is 24.5 Å². The number of anilines is 1. The lowest BCUT2D eigenvalue weighted by Crippen LogP contribution is -2.28. The SMILES string of the molecule is O=C(Oc1ccc(N2C(=O)CCC2=O)cc1)c1ccc([N+](=O)[O-])cc1. The first-order chi connectivity index (χ1) is 12.0. The molecule has 0 aromatic heterocycles. The van der Waals surface area contributed by atoms with Crippen LogP contribution in [0.1, 0.15) is 23.2 Å². The number of carbonyl (C=O) groups is 3. The summed E-state index contributed by atoms with van der Waals surface area (Å²) in [5, 5.41) is 10.6. The number of imide groups is 1. The van der Waals surface area contributed by atoms with Gasteiger partial charge in [0, 0.05) is 25.0 Å². The van der Waals surface area contributed by atoms with Crippen molar-refractivity contribution in [1.29, 1.82) is 0 Å². The average Bonchev–Trinajstić information content (AvgIpc) is 2.94. The molecule has 8 nitrogen and oxygen atoms in total. The van der Waals surface area contributed by atoms with Crippen molar-refractivity contribution in [2.24, 2.45) is 0 Å². The Balaban J connectivity index is 1.70. The van der Waals surface area contributed by atoms with Crippen LogP contribution in [-0.4, -0.2) is 22.7 Å². The zero-order valence-electron chi connectivity index (χ0n) is 12.9. The maximum atomic E-state index is 12.0. The monoisotopic (exact) mass is 340 g/mol. The number of nitrogens with zero attached hydrogens (tertiary/aromatic N) is 2. The van der Waals surface area contributed by atoms with E-state index in [1.165, 1.54) is 48.5 Å². The number of nitro benzene ring substituents is 1. The number of non-ortho nitro benzene ring substituents is 1. The van der Waals surface area contributed by atoms with Crippen molar-refractivity contribution in [2.75, 3.05) is 4.90 Å². The van der Waals surface area contributed by atoms with Crippen LogP contribution in [0.3, 0.4) is 0 Å². The van der Waals surface area contributed by atoms with Gasteiger partial charge in [0.05, 0.1) is 16.2 Å². The topological polar surface area (TPSA) is 107 Å². The molecule has 1 aliphatic heterocycles. The van der Waals surface area contributed by atoms with Gasteiger partial charge < -0.3 is 4.74 Å². The normalized spacial score (nSPS) is 13.8. The van der Waals surface area contributed by atoms with Gasteiger partial charge in [0.25, 0.3) is 5.69 Å². The summed E-state index contributed by atoms with van der Waals surface area (Å²) in [5.74, 6) is -0.969. The van der Waals surface area contributed by atoms with Gasteiger partial charge in [-0.05, 0) is 36.4 Å². The molecule has 0 atom stereocenters. The first-order valence-electron chi connectivity index (χ1n) is 7.38. The molecule has 2 amide bonds. The first kappa shape index (κ1) is 16.3. The first-order valence-corrected chi connectivity index (χ1v) is 7.38. The summed E-state index contributed by atoms with van der Waals surface area (Å²) >= 11 is 0. The van der Waals surface area contributed by atoms with Gasteiger partial charge in [0.2, 0.25) is 11.8 Å². The van der Waals surface area contributed by atoms with Crippen LogP contribution in [0.15, 0.2) is 48.5 Å². The summed E-state index contributed by atoms with van der Waals surface area (Å²) in [6, 6.07) is 11.0. The van der Waals surface area contributed by atoms with Crippen LogP contribution in [0.4, 0.5) is 11.4 Å². The minimum absolute atomic E-state index is 0.124. The summed E-state index contributed by atoms with van der Waals surface area (Å²) in [5.41, 5.74) is 0.461. The highest BCUT2D eigenvalue weighted by atomic mass is 16.6. The van der Waals surface area contributed by atoms with E-state index in [1.54, 1.807) is 0 Å². The Morgan fingerprint density at radius 1 is 0.960 bits per heavy atom. The zero-order chi connectivity index (χ0) is 18.0. The Labute approximate surface area is 141 Å². The zero-order valence-corrected chi connectivity index (χ0v) is 12.9. The summed E-state index contributed by atoms with van der Waals surface area (Å²) in [4.78, 5) is 46.5. The lowest BCUT2D eigenvalue weighted by molar-refractivity contribution is -0.384. The van der Waals surface area contributed by atoms with Gasteiger partial charge in [0.15, 0.2) is 0 Å². The number of carbonyl (C=O) groups excluding carboxylic acids is 3. The molecule has 1 aliphatic rings.